The molecule has 0 aliphatic heterocycles. The smallest absolute Gasteiger partial charge is 0.213 e. The van der Waals surface area contributed by atoms with Crippen LogP contribution in [0.2, 0.25) is 0 Å². The topological polar surface area (TPSA) is 73.8 Å². The zero-order chi connectivity index (χ0) is 19.7. The van der Waals surface area contributed by atoms with Crippen molar-refractivity contribution in [2.75, 3.05) is 26.4 Å². The van der Waals surface area contributed by atoms with Crippen LogP contribution in [-0.2, 0) is 23.1 Å². The Morgan fingerprint density at radius 2 is 1.74 bits per heavy atom. The number of nitrogens with zero attached hydrogens (tertiary/aromatic N) is 2. The first-order valence-corrected chi connectivity index (χ1v) is 10.5. The monoisotopic (exact) mass is 388 g/mol. The highest BCUT2D eigenvalue weighted by Crippen LogP contribution is 2.09. The van der Waals surface area contributed by atoms with Crippen molar-refractivity contribution in [2.45, 2.75) is 20.0 Å². The van der Waals surface area contributed by atoms with Crippen LogP contribution in [0.4, 0.5) is 0 Å². The van der Waals surface area contributed by atoms with Gasteiger partial charge in [-0.05, 0) is 23.6 Å². The molecule has 0 bridgehead atoms. The second-order valence-electron chi connectivity index (χ2n) is 6.38. The van der Waals surface area contributed by atoms with E-state index in [0.717, 1.165) is 5.56 Å². The normalized spacial score (nSPS) is 12.0. The molecule has 0 atom stereocenters. The molecule has 0 fully saturated rings. The molecular formula is C20H28N4O2S. The molecule has 0 aliphatic carbocycles. The lowest BCUT2D eigenvalue weighted by molar-refractivity contribution is 0.477. The Bertz CT molecular complexity index is 851. The number of guanidine groups is 1. The summed E-state index contributed by atoms with van der Waals surface area (Å²) in [6, 6.07) is 17.6. The Morgan fingerprint density at radius 1 is 1.07 bits per heavy atom. The summed E-state index contributed by atoms with van der Waals surface area (Å²) in [5, 5.41) is 3.12. The van der Waals surface area contributed by atoms with Crippen molar-refractivity contribution in [3.05, 3.63) is 71.3 Å². The first kappa shape index (κ1) is 20.9. The number of aliphatic imine (C=N–C) groups is 1. The van der Waals surface area contributed by atoms with E-state index in [9.17, 15) is 8.42 Å². The summed E-state index contributed by atoms with van der Waals surface area (Å²) in [5.74, 6) is 0.647. The second kappa shape index (κ2) is 10.1. The third-order valence-electron chi connectivity index (χ3n) is 4.24. The van der Waals surface area contributed by atoms with Gasteiger partial charge in [0.05, 0.1) is 5.75 Å². The van der Waals surface area contributed by atoms with Crippen LogP contribution in [0, 0.1) is 6.92 Å². The molecule has 7 heteroatoms. The summed E-state index contributed by atoms with van der Waals surface area (Å²) in [6.45, 7) is 3.36. The molecule has 0 spiro atoms. The number of hydrogen-bond donors (Lipinski definition) is 2. The maximum Gasteiger partial charge on any atom is 0.213 e. The number of aryl methyl sites for hydroxylation is 1. The minimum absolute atomic E-state index is 0.0168. The summed E-state index contributed by atoms with van der Waals surface area (Å²) >= 11 is 0. The van der Waals surface area contributed by atoms with Crippen LogP contribution in [0.1, 0.15) is 16.7 Å². The van der Waals surface area contributed by atoms with Crippen molar-refractivity contribution in [2.24, 2.45) is 4.99 Å². The quantitative estimate of drug-likeness (QED) is 0.537. The van der Waals surface area contributed by atoms with Crippen molar-refractivity contribution < 1.29 is 8.42 Å². The highest BCUT2D eigenvalue weighted by atomic mass is 32.2. The van der Waals surface area contributed by atoms with Crippen LogP contribution < -0.4 is 10.0 Å². The molecule has 2 aromatic carbocycles. The molecular weight excluding hydrogens is 360 g/mol. The fourth-order valence-corrected chi connectivity index (χ4v) is 3.56. The van der Waals surface area contributed by atoms with Crippen LogP contribution in [-0.4, -0.2) is 45.7 Å². The molecule has 2 N–H and O–H groups in total. The molecule has 0 heterocycles. The Hall–Kier alpha value is -2.38. The number of sulfonamides is 1. The van der Waals surface area contributed by atoms with Crippen molar-refractivity contribution in [3.8, 4) is 0 Å². The highest BCUT2D eigenvalue weighted by Gasteiger charge is 2.12. The second-order valence-corrected chi connectivity index (χ2v) is 8.31. The third-order valence-corrected chi connectivity index (χ3v) is 5.56. The molecule has 0 radical (unpaired) electrons. The van der Waals surface area contributed by atoms with Gasteiger partial charge in [0.2, 0.25) is 10.0 Å². The summed E-state index contributed by atoms with van der Waals surface area (Å²) in [5.41, 5.74) is 3.36. The first-order valence-electron chi connectivity index (χ1n) is 8.89. The highest BCUT2D eigenvalue weighted by molar-refractivity contribution is 7.89. The number of benzene rings is 2. The molecule has 2 aromatic rings. The predicted molar refractivity (Wildman–Crippen MR) is 111 cm³/mol. The maximum atomic E-state index is 12.2. The summed E-state index contributed by atoms with van der Waals surface area (Å²) in [4.78, 5) is 6.22. The molecule has 0 unspecified atom stereocenters. The lowest BCUT2D eigenvalue weighted by Crippen LogP contribution is -2.41. The van der Waals surface area contributed by atoms with Gasteiger partial charge in [-0.3, -0.25) is 4.99 Å². The van der Waals surface area contributed by atoms with E-state index in [1.165, 1.54) is 11.1 Å². The molecule has 0 aromatic heterocycles. The maximum absolute atomic E-state index is 12.2. The molecule has 0 saturated carbocycles. The Balaban J connectivity index is 1.82. The van der Waals surface area contributed by atoms with E-state index in [-0.39, 0.29) is 12.3 Å². The lowest BCUT2D eigenvalue weighted by atomic mass is 10.1. The van der Waals surface area contributed by atoms with Gasteiger partial charge in [0.25, 0.3) is 0 Å². The van der Waals surface area contributed by atoms with E-state index < -0.39 is 10.0 Å². The van der Waals surface area contributed by atoms with Crippen LogP contribution in [0.25, 0.3) is 0 Å². The largest absolute Gasteiger partial charge is 0.355 e. The summed E-state index contributed by atoms with van der Waals surface area (Å²) in [6.07, 6.45) is 0. The van der Waals surface area contributed by atoms with E-state index in [0.29, 0.717) is 19.0 Å². The van der Waals surface area contributed by atoms with E-state index in [2.05, 4.69) is 34.1 Å². The van der Waals surface area contributed by atoms with Crippen LogP contribution in [0.5, 0.6) is 0 Å². The van der Waals surface area contributed by atoms with E-state index in [4.69, 9.17) is 0 Å². The third kappa shape index (κ3) is 7.03. The van der Waals surface area contributed by atoms with Crippen molar-refractivity contribution in [3.63, 3.8) is 0 Å². The summed E-state index contributed by atoms with van der Waals surface area (Å²) in [7, 11) is 0.267. The van der Waals surface area contributed by atoms with Gasteiger partial charge in [-0.25, -0.2) is 13.1 Å². The molecule has 146 valence electrons. The number of nitrogens with one attached hydrogen (secondary N) is 2. The van der Waals surface area contributed by atoms with Gasteiger partial charge in [0.15, 0.2) is 5.96 Å². The van der Waals surface area contributed by atoms with Gasteiger partial charge < -0.3 is 10.2 Å². The van der Waals surface area contributed by atoms with Gasteiger partial charge >= 0.3 is 0 Å². The minimum Gasteiger partial charge on any atom is -0.355 e. The van der Waals surface area contributed by atoms with Gasteiger partial charge in [-0.15, -0.1) is 0 Å². The van der Waals surface area contributed by atoms with E-state index >= 15 is 0 Å². The number of hydrogen-bond acceptors (Lipinski definition) is 3. The SMILES string of the molecule is CN=C(NCCS(=O)(=O)NCc1ccccc1)N(C)Cc1ccccc1C. The van der Waals surface area contributed by atoms with Gasteiger partial charge in [-0.1, -0.05) is 54.6 Å². The zero-order valence-electron chi connectivity index (χ0n) is 16.1. The van der Waals surface area contributed by atoms with E-state index in [1.54, 1.807) is 7.05 Å². The minimum atomic E-state index is -3.36. The van der Waals surface area contributed by atoms with Gasteiger partial charge in [0, 0.05) is 33.7 Å². The van der Waals surface area contributed by atoms with Crippen molar-refractivity contribution in [1.29, 1.82) is 0 Å². The average Bonchev–Trinajstić information content (AvgIpc) is 2.66. The molecule has 6 nitrogen and oxygen atoms in total. The average molecular weight is 389 g/mol. The number of rotatable bonds is 8. The Kier molecular flexibility index (Phi) is 7.82. The molecule has 2 rings (SSSR count). The molecule has 27 heavy (non-hydrogen) atoms. The van der Waals surface area contributed by atoms with Crippen molar-refractivity contribution >= 4 is 16.0 Å². The van der Waals surface area contributed by atoms with Crippen LogP contribution in [0.3, 0.4) is 0 Å². The van der Waals surface area contributed by atoms with Crippen molar-refractivity contribution in [1.82, 2.24) is 14.9 Å². The summed E-state index contributed by atoms with van der Waals surface area (Å²) < 4.78 is 27.0. The molecule has 0 saturated heterocycles. The van der Waals surface area contributed by atoms with Crippen LogP contribution >= 0.6 is 0 Å². The lowest BCUT2D eigenvalue weighted by Gasteiger charge is -2.23. The standard InChI is InChI=1S/C20H28N4O2S/c1-17-9-7-8-12-19(17)16-24(3)20(21-2)22-13-14-27(25,26)23-15-18-10-5-4-6-11-18/h4-12,23H,13-16H2,1-3H3,(H,21,22). The van der Waals surface area contributed by atoms with Crippen LogP contribution in [0.15, 0.2) is 59.6 Å². The van der Waals surface area contributed by atoms with Gasteiger partial charge in [0.1, 0.15) is 0 Å². The van der Waals surface area contributed by atoms with Gasteiger partial charge in [-0.2, -0.15) is 0 Å². The molecule has 0 amide bonds. The predicted octanol–water partition coefficient (Wildman–Crippen LogP) is 2.12. The molecule has 0 aliphatic rings. The fraction of sp³-hybridized carbons (Fsp3) is 0.350. The first-order chi connectivity index (χ1) is 12.9. The fourth-order valence-electron chi connectivity index (χ4n) is 2.66. The van der Waals surface area contributed by atoms with E-state index in [1.807, 2.05) is 54.4 Å². The Labute approximate surface area is 162 Å². The zero-order valence-corrected chi connectivity index (χ0v) is 17.0. The Morgan fingerprint density at radius 3 is 2.41 bits per heavy atom.